The van der Waals surface area contributed by atoms with E-state index in [0.717, 1.165) is 19.4 Å². The van der Waals surface area contributed by atoms with Crippen LogP contribution < -0.4 is 27.1 Å². The minimum Gasteiger partial charge on any atom is -0.377 e. The molecule has 1 aromatic heterocycles. The molecular formula is C49H60ClF2N11O5. The van der Waals surface area contributed by atoms with E-state index in [2.05, 4.69) is 48.3 Å². The molecule has 3 amide bonds. The largest absolute Gasteiger partial charge is 0.377 e. The van der Waals surface area contributed by atoms with Crippen LogP contribution in [0, 0.1) is 17.0 Å². The van der Waals surface area contributed by atoms with E-state index in [9.17, 15) is 23.2 Å². The van der Waals surface area contributed by atoms with Gasteiger partial charge in [-0.25, -0.2) is 18.7 Å². The van der Waals surface area contributed by atoms with E-state index in [0.29, 0.717) is 83.5 Å². The minimum absolute atomic E-state index is 0.00260. The molecule has 1 saturated heterocycles. The number of hydrogen-bond donors (Lipinski definition) is 5. The summed E-state index contributed by atoms with van der Waals surface area (Å²) >= 11 is 6.34. The highest BCUT2D eigenvalue weighted by molar-refractivity contribution is 6.32. The zero-order chi connectivity index (χ0) is 48.6. The second kappa shape index (κ2) is 24.7. The molecule has 68 heavy (non-hydrogen) atoms. The predicted octanol–water partition coefficient (Wildman–Crippen LogP) is 6.23. The van der Waals surface area contributed by atoms with Crippen molar-refractivity contribution in [3.8, 4) is 11.3 Å². The number of ether oxygens (including phenoxy) is 2. The van der Waals surface area contributed by atoms with Gasteiger partial charge in [0, 0.05) is 77.5 Å². The van der Waals surface area contributed by atoms with E-state index in [4.69, 9.17) is 31.9 Å². The third-order valence-electron chi connectivity index (χ3n) is 11.4. The van der Waals surface area contributed by atoms with Gasteiger partial charge in [-0.1, -0.05) is 44.5 Å². The Hall–Kier alpha value is -6.21. The molecule has 0 spiro atoms. The first-order valence-electron chi connectivity index (χ1n) is 22.8. The average Bonchev–Trinajstić information content (AvgIpc) is 3.68. The summed E-state index contributed by atoms with van der Waals surface area (Å²) in [6.07, 6.45) is 6.10. The lowest BCUT2D eigenvalue weighted by Crippen LogP contribution is -2.55. The van der Waals surface area contributed by atoms with E-state index < -0.39 is 23.1 Å². The molecule has 362 valence electrons. The van der Waals surface area contributed by atoms with Crippen molar-refractivity contribution in [1.82, 2.24) is 30.8 Å². The molecule has 0 radical (unpaired) electrons. The Labute approximate surface area is 400 Å². The van der Waals surface area contributed by atoms with Crippen molar-refractivity contribution in [1.29, 1.82) is 0 Å². The van der Waals surface area contributed by atoms with Crippen LogP contribution in [0.2, 0.25) is 5.02 Å². The fraction of sp³-hybridized carbons (Fsp3) is 0.429. The maximum Gasteiger partial charge on any atom is 0.251 e. The van der Waals surface area contributed by atoms with Gasteiger partial charge in [0.15, 0.2) is 0 Å². The van der Waals surface area contributed by atoms with Gasteiger partial charge in [0.1, 0.15) is 23.4 Å². The highest BCUT2D eigenvalue weighted by atomic mass is 35.5. The lowest BCUT2D eigenvalue weighted by Gasteiger charge is -2.35. The average molecular weight is 957 g/mol. The molecule has 16 nitrogen and oxygen atoms in total. The summed E-state index contributed by atoms with van der Waals surface area (Å²) < 4.78 is 41.0. The van der Waals surface area contributed by atoms with Crippen molar-refractivity contribution >= 4 is 58.6 Å². The van der Waals surface area contributed by atoms with Crippen molar-refractivity contribution in [2.75, 3.05) is 64.5 Å². The van der Waals surface area contributed by atoms with Gasteiger partial charge < -0.3 is 41.5 Å². The number of likely N-dealkylation sites (tertiary alicyclic amines) is 1. The SMILES string of the molecule is C[C@@H]1CCCN1C(=O)C(NC(=O)CCCNCCN=CC(COCCOCCNC(=O)c1ccc(Nc2ncc3c(n2)-c2ccc(Cl)cc2C(c2c(F)cccc2F)=NC3)cc1)=NN)C(C)(C)C. The van der Waals surface area contributed by atoms with Crippen molar-refractivity contribution in [2.45, 2.75) is 72.0 Å². The number of anilines is 2. The van der Waals surface area contributed by atoms with E-state index in [1.165, 1.54) is 18.2 Å². The van der Waals surface area contributed by atoms with Crippen LogP contribution in [0.1, 0.15) is 80.4 Å². The Balaban J connectivity index is 0.834. The van der Waals surface area contributed by atoms with Crippen LogP contribution in [0.15, 0.2) is 81.9 Å². The van der Waals surface area contributed by atoms with Gasteiger partial charge in [-0.15, -0.1) is 0 Å². The molecule has 4 aromatic rings. The number of nitrogens with zero attached hydrogens (tertiary/aromatic N) is 6. The number of aromatic nitrogens is 2. The number of aliphatic imine (C=N–C) groups is 2. The Morgan fingerprint density at radius 1 is 1.00 bits per heavy atom. The van der Waals surface area contributed by atoms with Crippen LogP contribution in [-0.2, 0) is 25.6 Å². The summed E-state index contributed by atoms with van der Waals surface area (Å²) in [5.74, 6) is 3.90. The number of fused-ring (bicyclic) bond motifs is 3. The second-order valence-electron chi connectivity index (χ2n) is 17.5. The number of benzene rings is 3. The van der Waals surface area contributed by atoms with Gasteiger partial charge in [0.25, 0.3) is 5.91 Å². The first-order chi connectivity index (χ1) is 32.7. The maximum absolute atomic E-state index is 14.9. The van der Waals surface area contributed by atoms with Crippen LogP contribution in [0.3, 0.4) is 0 Å². The quantitative estimate of drug-likeness (QED) is 0.0260. The molecule has 1 unspecified atom stereocenters. The summed E-state index contributed by atoms with van der Waals surface area (Å²) in [4.78, 5) is 58.7. The Bertz CT molecular complexity index is 2460. The number of carbonyl (C=O) groups is 3. The van der Waals surface area contributed by atoms with Crippen LogP contribution in [0.5, 0.6) is 0 Å². The first kappa shape index (κ1) is 51.2. The van der Waals surface area contributed by atoms with Crippen molar-refractivity contribution < 1.29 is 32.6 Å². The Kier molecular flexibility index (Phi) is 18.6. The third-order valence-corrected chi connectivity index (χ3v) is 11.6. The topological polar surface area (TPSA) is 210 Å². The number of amides is 3. The molecule has 3 aromatic carbocycles. The zero-order valence-electron chi connectivity index (χ0n) is 38.9. The molecular weight excluding hydrogens is 896 g/mol. The summed E-state index contributed by atoms with van der Waals surface area (Å²) in [5.41, 5.74) is 3.27. The summed E-state index contributed by atoms with van der Waals surface area (Å²) in [6.45, 7) is 11.8. The summed E-state index contributed by atoms with van der Waals surface area (Å²) in [7, 11) is 0. The first-order valence-corrected chi connectivity index (χ1v) is 23.1. The fourth-order valence-electron chi connectivity index (χ4n) is 7.72. The van der Waals surface area contributed by atoms with E-state index in [1.54, 1.807) is 54.9 Å². The van der Waals surface area contributed by atoms with Crippen LogP contribution >= 0.6 is 11.6 Å². The van der Waals surface area contributed by atoms with Gasteiger partial charge in [-0.2, -0.15) is 5.10 Å². The number of hydrazone groups is 1. The van der Waals surface area contributed by atoms with Gasteiger partial charge in [0.05, 0.1) is 56.5 Å². The van der Waals surface area contributed by atoms with Crippen LogP contribution in [0.25, 0.3) is 11.3 Å². The number of nitrogens with two attached hydrogens (primary N) is 1. The maximum atomic E-state index is 14.9. The lowest BCUT2D eigenvalue weighted by atomic mass is 9.85. The number of halogens is 3. The standard InChI is InChI=1S/C49H60ClF2N11O5/c1-31-8-7-22-63(31)47(66)45(49(2,3)4)60-41(64)11-6-18-54-19-20-55-29-36(62-53)30-68-25-24-67-23-21-56-46(65)32-12-15-35(16-13-32)59-48-58-28-33-27-57-44(42-39(51)9-5-10-40(42)52)38-26-34(50)14-17-37(38)43(33)61-48/h5,9-10,12-17,26,28-29,31,45,54H,6-8,11,18-25,27,30,53H2,1-4H3,(H,56,65)(H,60,64)(H,58,59,61)/t31-,45?/m1/s1. The molecule has 2 aliphatic rings. The van der Waals surface area contributed by atoms with Gasteiger partial charge >= 0.3 is 0 Å². The van der Waals surface area contributed by atoms with E-state index in [-0.39, 0.29) is 73.9 Å². The summed E-state index contributed by atoms with van der Waals surface area (Å²) in [5, 5.41) is 16.4. The van der Waals surface area contributed by atoms with Crippen molar-refractivity contribution in [3.63, 3.8) is 0 Å². The highest BCUT2D eigenvalue weighted by Crippen LogP contribution is 2.35. The van der Waals surface area contributed by atoms with Crippen molar-refractivity contribution in [3.05, 3.63) is 106 Å². The summed E-state index contributed by atoms with van der Waals surface area (Å²) in [6, 6.07) is 15.1. The third kappa shape index (κ3) is 14.2. The second-order valence-corrected chi connectivity index (χ2v) is 18.0. The smallest absolute Gasteiger partial charge is 0.251 e. The number of hydrogen-bond acceptors (Lipinski definition) is 13. The molecule has 6 N–H and O–H groups in total. The van der Waals surface area contributed by atoms with Crippen molar-refractivity contribution in [2.24, 2.45) is 26.3 Å². The van der Waals surface area contributed by atoms with E-state index in [1.807, 2.05) is 25.7 Å². The van der Waals surface area contributed by atoms with Gasteiger partial charge in [-0.05, 0) is 86.7 Å². The molecule has 6 rings (SSSR count). The van der Waals surface area contributed by atoms with Crippen LogP contribution in [-0.4, -0.2) is 121 Å². The van der Waals surface area contributed by atoms with Gasteiger partial charge in [-0.3, -0.25) is 24.4 Å². The van der Waals surface area contributed by atoms with Crippen LogP contribution in [0.4, 0.5) is 20.4 Å². The highest BCUT2D eigenvalue weighted by Gasteiger charge is 2.38. The Morgan fingerprint density at radius 3 is 2.49 bits per heavy atom. The molecule has 19 heteroatoms. The molecule has 2 aliphatic heterocycles. The predicted molar refractivity (Wildman–Crippen MR) is 261 cm³/mol. The molecule has 0 bridgehead atoms. The number of rotatable bonds is 22. The molecule has 3 heterocycles. The fourth-order valence-corrected chi connectivity index (χ4v) is 7.89. The minimum atomic E-state index is -0.738. The molecule has 0 saturated carbocycles. The van der Waals surface area contributed by atoms with E-state index >= 15 is 0 Å². The monoisotopic (exact) mass is 955 g/mol. The number of nitrogens with one attached hydrogen (secondary N) is 4. The Morgan fingerprint density at radius 2 is 1.76 bits per heavy atom. The number of carbonyl (C=O) groups excluding carboxylic acids is 3. The van der Waals surface area contributed by atoms with Gasteiger partial charge in [0.2, 0.25) is 17.8 Å². The molecule has 0 aliphatic carbocycles. The zero-order valence-corrected chi connectivity index (χ0v) is 39.7. The molecule has 1 fully saturated rings. The molecule has 2 atom stereocenters. The lowest BCUT2D eigenvalue weighted by molar-refractivity contribution is -0.140. The normalized spacial score (nSPS) is 15.3.